The number of carbonyl (C=O) groups is 2. The predicted octanol–water partition coefficient (Wildman–Crippen LogP) is 6.71. The van der Waals surface area contributed by atoms with Crippen LogP contribution in [0.4, 0.5) is 5.69 Å². The van der Waals surface area contributed by atoms with Gasteiger partial charge in [0.25, 0.3) is 0 Å². The van der Waals surface area contributed by atoms with Crippen LogP contribution in [0.5, 0.6) is 0 Å². The first-order valence-electron chi connectivity index (χ1n) is 14.5. The second kappa shape index (κ2) is 16.1. The van der Waals surface area contributed by atoms with Crippen molar-refractivity contribution in [2.24, 2.45) is 0 Å². The molecular weight excluding hydrogens is 605 g/mol. The van der Waals surface area contributed by atoms with Gasteiger partial charge in [-0.05, 0) is 73.2 Å². The maximum atomic E-state index is 14.0. The Bertz CT molecular complexity index is 1480. The van der Waals surface area contributed by atoms with E-state index in [2.05, 4.69) is 5.32 Å². The number of rotatable bonds is 15. The zero-order valence-electron chi connectivity index (χ0n) is 25.3. The summed E-state index contributed by atoms with van der Waals surface area (Å²) in [4.78, 5) is 29.1. The van der Waals surface area contributed by atoms with Crippen LogP contribution >= 0.6 is 23.2 Å². The molecule has 0 aromatic heterocycles. The average molecular weight is 647 g/mol. The van der Waals surface area contributed by atoms with Gasteiger partial charge in [0.05, 0.1) is 22.0 Å². The van der Waals surface area contributed by atoms with Crippen molar-refractivity contribution >= 4 is 50.7 Å². The molecule has 3 aromatic rings. The van der Waals surface area contributed by atoms with Crippen LogP contribution in [0.15, 0.2) is 66.7 Å². The molecular formula is C33H41Cl2N3O4S. The van der Waals surface area contributed by atoms with Crippen LogP contribution in [0.3, 0.4) is 0 Å². The molecule has 0 aliphatic heterocycles. The van der Waals surface area contributed by atoms with Gasteiger partial charge in [-0.25, -0.2) is 8.42 Å². The lowest BCUT2D eigenvalue weighted by molar-refractivity contribution is -0.141. The number of amides is 2. The maximum Gasteiger partial charge on any atom is 0.243 e. The van der Waals surface area contributed by atoms with Crippen molar-refractivity contribution in [2.75, 3.05) is 23.7 Å². The van der Waals surface area contributed by atoms with E-state index in [9.17, 15) is 18.0 Å². The number of sulfonamides is 1. The number of carbonyl (C=O) groups excluding carboxylic acids is 2. The van der Waals surface area contributed by atoms with Gasteiger partial charge in [0.2, 0.25) is 21.8 Å². The first-order chi connectivity index (χ1) is 20.4. The van der Waals surface area contributed by atoms with E-state index in [-0.39, 0.29) is 37.7 Å². The van der Waals surface area contributed by atoms with Crippen LogP contribution in [0.1, 0.15) is 54.9 Å². The third-order valence-corrected chi connectivity index (χ3v) is 9.02. The van der Waals surface area contributed by atoms with Gasteiger partial charge in [-0.2, -0.15) is 0 Å². The molecule has 0 unspecified atom stereocenters. The second-order valence-electron chi connectivity index (χ2n) is 10.9. The fourth-order valence-electron chi connectivity index (χ4n) is 4.99. The minimum absolute atomic E-state index is 0.0473. The third-order valence-electron chi connectivity index (χ3n) is 7.08. The molecule has 0 saturated heterocycles. The summed E-state index contributed by atoms with van der Waals surface area (Å²) in [7, 11) is -3.59. The van der Waals surface area contributed by atoms with E-state index in [0.717, 1.165) is 35.1 Å². The van der Waals surface area contributed by atoms with Crippen LogP contribution < -0.4 is 9.62 Å². The Kier molecular flexibility index (Phi) is 12.9. The minimum Gasteiger partial charge on any atom is -0.354 e. The Hall–Kier alpha value is -3.07. The summed E-state index contributed by atoms with van der Waals surface area (Å²) in [5.41, 5.74) is 4.12. The zero-order valence-corrected chi connectivity index (χ0v) is 27.6. The monoisotopic (exact) mass is 645 g/mol. The van der Waals surface area contributed by atoms with Crippen molar-refractivity contribution in [1.29, 1.82) is 0 Å². The van der Waals surface area contributed by atoms with Gasteiger partial charge >= 0.3 is 0 Å². The van der Waals surface area contributed by atoms with Gasteiger partial charge < -0.3 is 10.2 Å². The van der Waals surface area contributed by atoms with Gasteiger partial charge in [-0.15, -0.1) is 0 Å². The summed E-state index contributed by atoms with van der Waals surface area (Å²) in [5, 5.41) is 3.76. The molecule has 1 N–H and O–H groups in total. The quantitative estimate of drug-likeness (QED) is 0.186. The van der Waals surface area contributed by atoms with Gasteiger partial charge in [-0.1, -0.05) is 79.0 Å². The SMILES string of the molecule is CCCCNC(=O)[C@@H](Cc1ccccc1)N(Cc1ccc(Cl)c(Cl)c1)C(=O)CCCN(c1cc(C)cc(C)c1)S(C)(=O)=O. The molecule has 2 amide bonds. The Morgan fingerprint density at radius 2 is 1.56 bits per heavy atom. The molecule has 0 fully saturated rings. The van der Waals surface area contributed by atoms with E-state index in [0.29, 0.717) is 28.7 Å². The molecule has 0 spiro atoms. The fourth-order valence-corrected chi connectivity index (χ4v) is 6.26. The van der Waals surface area contributed by atoms with Crippen molar-refractivity contribution in [3.05, 3.63) is 99.0 Å². The summed E-state index contributed by atoms with van der Waals surface area (Å²) < 4.78 is 26.8. The number of halogens is 2. The molecule has 43 heavy (non-hydrogen) atoms. The molecule has 0 bridgehead atoms. The smallest absolute Gasteiger partial charge is 0.243 e. The number of anilines is 1. The summed E-state index contributed by atoms with van der Waals surface area (Å²) in [6, 6.07) is 19.6. The normalized spacial score (nSPS) is 12.0. The number of benzene rings is 3. The van der Waals surface area contributed by atoms with Gasteiger partial charge in [-0.3, -0.25) is 13.9 Å². The van der Waals surface area contributed by atoms with Crippen molar-refractivity contribution in [1.82, 2.24) is 10.2 Å². The van der Waals surface area contributed by atoms with Crippen LogP contribution in [0.2, 0.25) is 10.0 Å². The molecule has 3 rings (SSSR count). The summed E-state index contributed by atoms with van der Waals surface area (Å²) in [5.74, 6) is -0.495. The van der Waals surface area contributed by atoms with E-state index < -0.39 is 16.1 Å². The van der Waals surface area contributed by atoms with E-state index in [1.807, 2.05) is 69.3 Å². The Morgan fingerprint density at radius 1 is 0.884 bits per heavy atom. The highest BCUT2D eigenvalue weighted by Gasteiger charge is 2.30. The molecule has 7 nitrogen and oxygen atoms in total. The highest BCUT2D eigenvalue weighted by atomic mass is 35.5. The number of nitrogens with one attached hydrogen (secondary N) is 1. The van der Waals surface area contributed by atoms with E-state index >= 15 is 0 Å². The van der Waals surface area contributed by atoms with Crippen molar-refractivity contribution in [3.8, 4) is 0 Å². The molecule has 0 aliphatic rings. The number of aryl methyl sites for hydroxylation is 2. The highest BCUT2D eigenvalue weighted by molar-refractivity contribution is 7.92. The third kappa shape index (κ3) is 10.6. The van der Waals surface area contributed by atoms with E-state index in [1.54, 1.807) is 23.1 Å². The molecule has 232 valence electrons. The Labute approximate surface area is 266 Å². The topological polar surface area (TPSA) is 86.8 Å². The molecule has 0 radical (unpaired) electrons. The van der Waals surface area contributed by atoms with Gasteiger partial charge in [0.1, 0.15) is 6.04 Å². The Morgan fingerprint density at radius 3 is 2.16 bits per heavy atom. The number of hydrogen-bond donors (Lipinski definition) is 1. The molecule has 1 atom stereocenters. The van der Waals surface area contributed by atoms with Gasteiger partial charge in [0, 0.05) is 32.5 Å². The molecule has 3 aromatic carbocycles. The lowest BCUT2D eigenvalue weighted by atomic mass is 10.0. The van der Waals surface area contributed by atoms with Crippen LogP contribution in [-0.4, -0.2) is 50.5 Å². The molecule has 0 saturated carbocycles. The second-order valence-corrected chi connectivity index (χ2v) is 13.6. The fraction of sp³-hybridized carbons (Fsp3) is 0.394. The summed E-state index contributed by atoms with van der Waals surface area (Å²) in [6.45, 7) is 6.65. The standard InChI is InChI=1S/C33H41Cl2N3O4S/c1-5-6-16-36-33(40)31(22-26-11-8-7-9-12-26)37(23-27-14-15-29(34)30(35)21-27)32(39)13-10-17-38(43(4,41)42)28-19-24(2)18-25(3)20-28/h7-9,11-12,14-15,18-21,31H,5-6,10,13,16-17,22-23H2,1-4H3,(H,36,40)/t31-/m1/s1. The number of nitrogens with zero attached hydrogens (tertiary/aromatic N) is 2. The van der Waals surface area contributed by atoms with Crippen molar-refractivity contribution in [3.63, 3.8) is 0 Å². The summed E-state index contributed by atoms with van der Waals surface area (Å²) >= 11 is 12.4. The number of unbranched alkanes of at least 4 members (excludes halogenated alkanes) is 1. The van der Waals surface area contributed by atoms with E-state index in [4.69, 9.17) is 23.2 Å². The average Bonchev–Trinajstić information content (AvgIpc) is 2.94. The van der Waals surface area contributed by atoms with E-state index in [1.165, 1.54) is 10.6 Å². The van der Waals surface area contributed by atoms with Crippen LogP contribution in [0.25, 0.3) is 0 Å². The lowest BCUT2D eigenvalue weighted by Crippen LogP contribution is -2.50. The lowest BCUT2D eigenvalue weighted by Gasteiger charge is -2.32. The predicted molar refractivity (Wildman–Crippen MR) is 176 cm³/mol. The highest BCUT2D eigenvalue weighted by Crippen LogP contribution is 2.26. The number of hydrogen-bond acceptors (Lipinski definition) is 4. The molecule has 10 heteroatoms. The first kappa shape index (κ1) is 34.4. The van der Waals surface area contributed by atoms with Crippen LogP contribution in [-0.2, 0) is 32.6 Å². The largest absolute Gasteiger partial charge is 0.354 e. The van der Waals surface area contributed by atoms with Crippen LogP contribution in [0, 0.1) is 13.8 Å². The van der Waals surface area contributed by atoms with Crippen molar-refractivity contribution in [2.45, 2.75) is 65.5 Å². The Balaban J connectivity index is 1.90. The summed E-state index contributed by atoms with van der Waals surface area (Å²) in [6.07, 6.45) is 3.55. The molecule has 0 heterocycles. The van der Waals surface area contributed by atoms with Gasteiger partial charge in [0.15, 0.2) is 0 Å². The molecule has 0 aliphatic carbocycles. The minimum atomic E-state index is -3.59. The zero-order chi connectivity index (χ0) is 31.6. The maximum absolute atomic E-state index is 14.0. The van der Waals surface area contributed by atoms with Crippen molar-refractivity contribution < 1.29 is 18.0 Å². The first-order valence-corrected chi connectivity index (χ1v) is 17.1.